The summed E-state index contributed by atoms with van der Waals surface area (Å²) in [6.07, 6.45) is 0.680. The van der Waals surface area contributed by atoms with Crippen LogP contribution in [0.25, 0.3) is 0 Å². The van der Waals surface area contributed by atoms with Gasteiger partial charge < -0.3 is 15.7 Å². The molecule has 1 heterocycles. The zero-order valence-electron chi connectivity index (χ0n) is 14.7. The molecule has 1 aromatic carbocycles. The standard InChI is InChI=1S/C18H28N2O3/c1-13-6-8-14(9-7-13)10-23-15(21)18(19)11-16(2,3)20(22)17(4,5)12-18/h6-9,22H,10-12,19H2,1-5H3. The molecule has 0 saturated carbocycles. The zero-order chi connectivity index (χ0) is 17.5. The number of benzene rings is 1. The molecule has 5 nitrogen and oxygen atoms in total. The maximum absolute atomic E-state index is 12.6. The Morgan fingerprint density at radius 1 is 1.17 bits per heavy atom. The van der Waals surface area contributed by atoms with E-state index in [4.69, 9.17) is 10.5 Å². The predicted octanol–water partition coefficient (Wildman–Crippen LogP) is 2.78. The number of ether oxygens (including phenoxy) is 1. The van der Waals surface area contributed by atoms with E-state index in [0.717, 1.165) is 11.1 Å². The minimum Gasteiger partial charge on any atom is -0.459 e. The van der Waals surface area contributed by atoms with Crippen molar-refractivity contribution in [1.29, 1.82) is 0 Å². The van der Waals surface area contributed by atoms with Crippen LogP contribution < -0.4 is 5.73 Å². The minimum absolute atomic E-state index is 0.210. The van der Waals surface area contributed by atoms with Crippen LogP contribution in [0.15, 0.2) is 24.3 Å². The third-order valence-corrected chi connectivity index (χ3v) is 4.54. The maximum Gasteiger partial charge on any atom is 0.326 e. The Labute approximate surface area is 138 Å². The van der Waals surface area contributed by atoms with Crippen LogP contribution in [-0.4, -0.2) is 32.9 Å². The number of hydrogen-bond acceptors (Lipinski definition) is 5. The van der Waals surface area contributed by atoms with E-state index in [-0.39, 0.29) is 6.61 Å². The van der Waals surface area contributed by atoms with E-state index in [2.05, 4.69) is 0 Å². The van der Waals surface area contributed by atoms with E-state index in [1.807, 2.05) is 58.9 Å². The number of carbonyl (C=O) groups is 1. The Morgan fingerprint density at radius 3 is 2.13 bits per heavy atom. The second-order valence-electron chi connectivity index (χ2n) is 8.01. The molecule has 1 saturated heterocycles. The number of carbonyl (C=O) groups excluding carboxylic acids is 1. The van der Waals surface area contributed by atoms with Crippen molar-refractivity contribution in [2.45, 2.75) is 70.7 Å². The van der Waals surface area contributed by atoms with Crippen LogP contribution in [0.3, 0.4) is 0 Å². The zero-order valence-corrected chi connectivity index (χ0v) is 14.7. The third kappa shape index (κ3) is 3.74. The lowest BCUT2D eigenvalue weighted by Gasteiger charge is -2.54. The second kappa shape index (κ2) is 5.89. The van der Waals surface area contributed by atoms with Gasteiger partial charge in [0.2, 0.25) is 0 Å². The molecular formula is C18H28N2O3. The van der Waals surface area contributed by atoms with E-state index < -0.39 is 22.6 Å². The van der Waals surface area contributed by atoms with E-state index in [1.165, 1.54) is 5.06 Å². The van der Waals surface area contributed by atoms with Gasteiger partial charge in [0.05, 0.1) is 0 Å². The molecule has 1 aliphatic rings. The van der Waals surface area contributed by atoms with Gasteiger partial charge in [-0.05, 0) is 53.0 Å². The summed E-state index contributed by atoms with van der Waals surface area (Å²) in [6, 6.07) is 7.85. The molecule has 0 aliphatic carbocycles. The highest BCUT2D eigenvalue weighted by molar-refractivity contribution is 5.81. The number of esters is 1. The largest absolute Gasteiger partial charge is 0.459 e. The average molecular weight is 320 g/mol. The second-order valence-corrected chi connectivity index (χ2v) is 8.01. The molecule has 0 aromatic heterocycles. The molecule has 0 atom stereocenters. The number of rotatable bonds is 3. The van der Waals surface area contributed by atoms with Gasteiger partial charge in [0.25, 0.3) is 0 Å². The van der Waals surface area contributed by atoms with Crippen molar-refractivity contribution in [3.63, 3.8) is 0 Å². The molecule has 5 heteroatoms. The fraction of sp³-hybridized carbons (Fsp3) is 0.611. The minimum atomic E-state index is -1.10. The molecule has 1 aromatic rings. The molecule has 128 valence electrons. The van der Waals surface area contributed by atoms with Gasteiger partial charge in [-0.1, -0.05) is 29.8 Å². The summed E-state index contributed by atoms with van der Waals surface area (Å²) in [6.45, 7) is 9.73. The van der Waals surface area contributed by atoms with Crippen molar-refractivity contribution in [1.82, 2.24) is 5.06 Å². The van der Waals surface area contributed by atoms with E-state index in [9.17, 15) is 10.0 Å². The van der Waals surface area contributed by atoms with Crippen molar-refractivity contribution < 1.29 is 14.7 Å². The molecule has 0 amide bonds. The number of aryl methyl sites for hydroxylation is 1. The summed E-state index contributed by atoms with van der Waals surface area (Å²) in [5.41, 5.74) is 6.19. The lowest BCUT2D eigenvalue weighted by Crippen LogP contribution is -2.69. The summed E-state index contributed by atoms with van der Waals surface area (Å²) < 4.78 is 5.47. The highest BCUT2D eigenvalue weighted by atomic mass is 16.5. The SMILES string of the molecule is Cc1ccc(COC(=O)C2(N)CC(C)(C)N(O)C(C)(C)C2)cc1. The number of nitrogens with two attached hydrogens (primary N) is 1. The first-order chi connectivity index (χ1) is 10.5. The van der Waals surface area contributed by atoms with Gasteiger partial charge in [-0.25, -0.2) is 0 Å². The Balaban J connectivity index is 2.09. The highest BCUT2D eigenvalue weighted by Crippen LogP contribution is 2.41. The van der Waals surface area contributed by atoms with Crippen LogP contribution in [0.2, 0.25) is 0 Å². The third-order valence-electron chi connectivity index (χ3n) is 4.54. The lowest BCUT2D eigenvalue weighted by molar-refractivity contribution is -0.254. The quantitative estimate of drug-likeness (QED) is 0.838. The molecule has 3 N–H and O–H groups in total. The molecule has 1 aliphatic heterocycles. The Morgan fingerprint density at radius 2 is 1.65 bits per heavy atom. The normalized spacial score (nSPS) is 22.6. The molecule has 0 unspecified atom stereocenters. The van der Waals surface area contributed by atoms with Crippen LogP contribution in [-0.2, 0) is 16.1 Å². The van der Waals surface area contributed by atoms with Gasteiger partial charge in [0, 0.05) is 11.1 Å². The van der Waals surface area contributed by atoms with E-state index in [1.54, 1.807) is 0 Å². The van der Waals surface area contributed by atoms with Crippen LogP contribution in [0.4, 0.5) is 0 Å². The van der Waals surface area contributed by atoms with Crippen LogP contribution in [0, 0.1) is 6.92 Å². The lowest BCUT2D eigenvalue weighted by atomic mass is 9.71. The Kier molecular flexibility index (Phi) is 4.59. The summed E-state index contributed by atoms with van der Waals surface area (Å²) in [5.74, 6) is -0.410. The number of nitrogens with zero attached hydrogens (tertiary/aromatic N) is 1. The average Bonchev–Trinajstić information content (AvgIpc) is 2.43. The molecule has 2 rings (SSSR count). The Hall–Kier alpha value is -1.43. The first-order valence-electron chi connectivity index (χ1n) is 7.97. The summed E-state index contributed by atoms with van der Waals surface area (Å²) >= 11 is 0. The predicted molar refractivity (Wildman–Crippen MR) is 88.9 cm³/mol. The van der Waals surface area contributed by atoms with Gasteiger partial charge in [-0.15, -0.1) is 0 Å². The fourth-order valence-corrected chi connectivity index (χ4v) is 3.70. The number of piperidine rings is 1. The maximum atomic E-state index is 12.6. The fourth-order valence-electron chi connectivity index (χ4n) is 3.70. The first kappa shape index (κ1) is 17.9. The van der Waals surface area contributed by atoms with Gasteiger partial charge in [-0.3, -0.25) is 4.79 Å². The monoisotopic (exact) mass is 320 g/mol. The van der Waals surface area contributed by atoms with Gasteiger partial charge in [0.1, 0.15) is 12.1 Å². The van der Waals surface area contributed by atoms with Crippen molar-refractivity contribution in [3.05, 3.63) is 35.4 Å². The van der Waals surface area contributed by atoms with E-state index >= 15 is 0 Å². The van der Waals surface area contributed by atoms with E-state index in [0.29, 0.717) is 12.8 Å². The van der Waals surface area contributed by atoms with Gasteiger partial charge in [0.15, 0.2) is 0 Å². The molecule has 0 bridgehead atoms. The van der Waals surface area contributed by atoms with Gasteiger partial charge in [-0.2, -0.15) is 5.06 Å². The molecule has 23 heavy (non-hydrogen) atoms. The van der Waals surface area contributed by atoms with Crippen molar-refractivity contribution >= 4 is 5.97 Å². The van der Waals surface area contributed by atoms with Gasteiger partial charge >= 0.3 is 5.97 Å². The summed E-state index contributed by atoms with van der Waals surface area (Å²) in [4.78, 5) is 12.6. The van der Waals surface area contributed by atoms with Crippen LogP contribution in [0.1, 0.15) is 51.7 Å². The highest BCUT2D eigenvalue weighted by Gasteiger charge is 2.54. The number of hydroxylamine groups is 2. The topological polar surface area (TPSA) is 75.8 Å². The molecule has 1 fully saturated rings. The first-order valence-corrected chi connectivity index (χ1v) is 7.97. The van der Waals surface area contributed by atoms with Crippen molar-refractivity contribution in [2.24, 2.45) is 5.73 Å². The van der Waals surface area contributed by atoms with Crippen LogP contribution in [0.5, 0.6) is 0 Å². The smallest absolute Gasteiger partial charge is 0.326 e. The number of hydrogen-bond donors (Lipinski definition) is 2. The molecule has 0 spiro atoms. The van der Waals surface area contributed by atoms with Crippen molar-refractivity contribution in [3.8, 4) is 0 Å². The summed E-state index contributed by atoms with van der Waals surface area (Å²) in [7, 11) is 0. The molecule has 0 radical (unpaired) electrons. The van der Waals surface area contributed by atoms with Crippen LogP contribution >= 0.6 is 0 Å². The van der Waals surface area contributed by atoms with Crippen molar-refractivity contribution in [2.75, 3.05) is 0 Å². The summed E-state index contributed by atoms with van der Waals surface area (Å²) in [5, 5.41) is 11.6. The Bertz CT molecular complexity index is 560. The molecular weight excluding hydrogens is 292 g/mol.